The van der Waals surface area contributed by atoms with Crippen molar-refractivity contribution in [2.24, 2.45) is 0 Å². The maximum absolute atomic E-state index is 11.9. The number of hydrogen-bond acceptors (Lipinski definition) is 2. The molecule has 1 aliphatic rings. The molecule has 0 spiro atoms. The van der Waals surface area contributed by atoms with Crippen molar-refractivity contribution in [1.82, 2.24) is 4.90 Å². The van der Waals surface area contributed by atoms with Gasteiger partial charge in [0.2, 0.25) is 0 Å². The van der Waals surface area contributed by atoms with Crippen LogP contribution < -0.4 is 0 Å². The van der Waals surface area contributed by atoms with E-state index in [1.54, 1.807) is 0 Å². The summed E-state index contributed by atoms with van der Waals surface area (Å²) >= 11 is 0. The maximum Gasteiger partial charge on any atom is 0.149 e. The van der Waals surface area contributed by atoms with Gasteiger partial charge in [0.25, 0.3) is 0 Å². The van der Waals surface area contributed by atoms with E-state index >= 15 is 0 Å². The van der Waals surface area contributed by atoms with Gasteiger partial charge in [0.1, 0.15) is 5.78 Å². The standard InChI is InChI=1S/C15H21NO/c1-2-15(17)14-10-6-7-11-16(14)12-13-8-4-3-5-9-13/h3-5,8-9,14H,2,6-7,10-12H2,1H3. The summed E-state index contributed by atoms with van der Waals surface area (Å²) in [7, 11) is 0. The highest BCUT2D eigenvalue weighted by Crippen LogP contribution is 2.21. The topological polar surface area (TPSA) is 20.3 Å². The summed E-state index contributed by atoms with van der Waals surface area (Å²) in [5.41, 5.74) is 1.31. The number of piperidine rings is 1. The van der Waals surface area contributed by atoms with Gasteiger partial charge in [-0.25, -0.2) is 0 Å². The molecule has 0 amide bonds. The predicted molar refractivity (Wildman–Crippen MR) is 69.8 cm³/mol. The Morgan fingerprint density at radius 1 is 1.29 bits per heavy atom. The first-order chi connectivity index (χ1) is 8.31. The Bertz CT molecular complexity index is 360. The van der Waals surface area contributed by atoms with Crippen LogP contribution in [0.3, 0.4) is 0 Å². The summed E-state index contributed by atoms with van der Waals surface area (Å²) in [5, 5.41) is 0. The molecule has 0 N–H and O–H groups in total. The number of rotatable bonds is 4. The smallest absolute Gasteiger partial charge is 0.149 e. The van der Waals surface area contributed by atoms with E-state index in [-0.39, 0.29) is 6.04 Å². The van der Waals surface area contributed by atoms with Crippen LogP contribution in [0.5, 0.6) is 0 Å². The average Bonchev–Trinajstić information content (AvgIpc) is 2.40. The molecule has 2 heteroatoms. The zero-order chi connectivity index (χ0) is 12.1. The largest absolute Gasteiger partial charge is 0.298 e. The van der Waals surface area contributed by atoms with Crippen LogP contribution in [0, 0.1) is 0 Å². The lowest BCUT2D eigenvalue weighted by atomic mass is 9.96. The maximum atomic E-state index is 11.9. The molecule has 0 saturated carbocycles. The highest BCUT2D eigenvalue weighted by Gasteiger charge is 2.26. The number of Topliss-reactive ketones (excluding diaryl/α,β-unsaturated/α-hetero) is 1. The molecule has 2 nitrogen and oxygen atoms in total. The van der Waals surface area contributed by atoms with Crippen LogP contribution >= 0.6 is 0 Å². The fourth-order valence-corrected chi connectivity index (χ4v) is 2.60. The Balaban J connectivity index is 2.04. The van der Waals surface area contributed by atoms with E-state index in [2.05, 4.69) is 29.2 Å². The molecule has 1 aromatic rings. The minimum atomic E-state index is 0.161. The molecule has 0 radical (unpaired) electrons. The monoisotopic (exact) mass is 231 g/mol. The first kappa shape index (κ1) is 12.3. The Morgan fingerprint density at radius 3 is 2.76 bits per heavy atom. The molecule has 1 atom stereocenters. The third-order valence-corrected chi connectivity index (χ3v) is 3.56. The Kier molecular flexibility index (Phi) is 4.32. The Labute approximate surface area is 104 Å². The van der Waals surface area contributed by atoms with Gasteiger partial charge in [0.05, 0.1) is 6.04 Å². The van der Waals surface area contributed by atoms with Crippen molar-refractivity contribution in [3.05, 3.63) is 35.9 Å². The Morgan fingerprint density at radius 2 is 2.06 bits per heavy atom. The molecular formula is C15H21NO. The van der Waals surface area contributed by atoms with Crippen molar-refractivity contribution in [2.75, 3.05) is 6.54 Å². The highest BCUT2D eigenvalue weighted by atomic mass is 16.1. The number of nitrogens with zero attached hydrogens (tertiary/aromatic N) is 1. The number of likely N-dealkylation sites (tertiary alicyclic amines) is 1. The van der Waals surface area contributed by atoms with Crippen LogP contribution in [0.4, 0.5) is 0 Å². The van der Waals surface area contributed by atoms with Crippen LogP contribution in [0.1, 0.15) is 38.2 Å². The van der Waals surface area contributed by atoms with Gasteiger partial charge in [-0.05, 0) is 24.9 Å². The van der Waals surface area contributed by atoms with E-state index in [9.17, 15) is 4.79 Å². The van der Waals surface area contributed by atoms with Gasteiger partial charge in [-0.1, -0.05) is 43.7 Å². The normalized spacial score (nSPS) is 21.4. The van der Waals surface area contributed by atoms with Crippen LogP contribution in [-0.2, 0) is 11.3 Å². The molecular weight excluding hydrogens is 210 g/mol. The molecule has 92 valence electrons. The first-order valence-electron chi connectivity index (χ1n) is 6.62. The van der Waals surface area contributed by atoms with E-state index < -0.39 is 0 Å². The zero-order valence-electron chi connectivity index (χ0n) is 10.6. The summed E-state index contributed by atoms with van der Waals surface area (Å²) in [6.45, 7) is 3.94. The molecule has 0 aliphatic carbocycles. The summed E-state index contributed by atoms with van der Waals surface area (Å²) in [5.74, 6) is 0.403. The first-order valence-corrected chi connectivity index (χ1v) is 6.62. The fourth-order valence-electron chi connectivity index (χ4n) is 2.60. The molecule has 1 fully saturated rings. The van der Waals surface area contributed by atoms with E-state index in [0.717, 1.165) is 19.5 Å². The van der Waals surface area contributed by atoms with Crippen molar-refractivity contribution in [3.8, 4) is 0 Å². The highest BCUT2D eigenvalue weighted by molar-refractivity contribution is 5.83. The van der Waals surface area contributed by atoms with Crippen molar-refractivity contribution < 1.29 is 4.79 Å². The van der Waals surface area contributed by atoms with E-state index in [1.165, 1.54) is 18.4 Å². The van der Waals surface area contributed by atoms with Crippen LogP contribution in [0.15, 0.2) is 30.3 Å². The van der Waals surface area contributed by atoms with Gasteiger partial charge in [0, 0.05) is 13.0 Å². The second-order valence-electron chi connectivity index (χ2n) is 4.79. The van der Waals surface area contributed by atoms with Gasteiger partial charge in [-0.15, -0.1) is 0 Å². The quantitative estimate of drug-likeness (QED) is 0.794. The number of ketones is 1. The van der Waals surface area contributed by atoms with Crippen molar-refractivity contribution >= 4 is 5.78 Å². The van der Waals surface area contributed by atoms with Gasteiger partial charge in [0.15, 0.2) is 0 Å². The van der Waals surface area contributed by atoms with Crippen molar-refractivity contribution in [1.29, 1.82) is 0 Å². The van der Waals surface area contributed by atoms with Crippen LogP contribution in [-0.4, -0.2) is 23.3 Å². The minimum absolute atomic E-state index is 0.161. The van der Waals surface area contributed by atoms with Crippen molar-refractivity contribution in [3.63, 3.8) is 0 Å². The molecule has 0 aromatic heterocycles. The zero-order valence-corrected chi connectivity index (χ0v) is 10.6. The lowest BCUT2D eigenvalue weighted by molar-refractivity contribution is -0.125. The predicted octanol–water partition coefficient (Wildman–Crippen LogP) is 3.02. The number of benzene rings is 1. The summed E-state index contributed by atoms with van der Waals surface area (Å²) in [4.78, 5) is 14.3. The molecule has 1 unspecified atom stereocenters. The second kappa shape index (κ2) is 5.97. The van der Waals surface area contributed by atoms with Gasteiger partial charge >= 0.3 is 0 Å². The fraction of sp³-hybridized carbons (Fsp3) is 0.533. The van der Waals surface area contributed by atoms with E-state index in [1.807, 2.05) is 13.0 Å². The third kappa shape index (κ3) is 3.16. The molecule has 1 heterocycles. The molecule has 17 heavy (non-hydrogen) atoms. The van der Waals surface area contributed by atoms with Gasteiger partial charge in [-0.2, -0.15) is 0 Å². The number of carbonyl (C=O) groups excluding carboxylic acids is 1. The molecule has 1 aliphatic heterocycles. The van der Waals surface area contributed by atoms with Gasteiger partial charge in [-0.3, -0.25) is 9.69 Å². The lowest BCUT2D eigenvalue weighted by Crippen LogP contribution is -2.43. The second-order valence-corrected chi connectivity index (χ2v) is 4.79. The summed E-state index contributed by atoms with van der Waals surface area (Å²) < 4.78 is 0. The summed E-state index contributed by atoms with van der Waals surface area (Å²) in [6, 6.07) is 10.6. The van der Waals surface area contributed by atoms with Crippen LogP contribution in [0.25, 0.3) is 0 Å². The number of carbonyl (C=O) groups is 1. The molecule has 1 saturated heterocycles. The third-order valence-electron chi connectivity index (χ3n) is 3.56. The van der Waals surface area contributed by atoms with Crippen LogP contribution in [0.2, 0.25) is 0 Å². The van der Waals surface area contributed by atoms with Crippen molar-refractivity contribution in [2.45, 2.75) is 45.2 Å². The number of hydrogen-bond donors (Lipinski definition) is 0. The minimum Gasteiger partial charge on any atom is -0.298 e. The molecule has 2 rings (SSSR count). The molecule has 1 aromatic carbocycles. The Hall–Kier alpha value is -1.15. The SMILES string of the molecule is CCC(=O)C1CCCCN1Cc1ccccc1. The lowest BCUT2D eigenvalue weighted by Gasteiger charge is -2.34. The van der Waals surface area contributed by atoms with E-state index in [0.29, 0.717) is 12.2 Å². The summed E-state index contributed by atoms with van der Waals surface area (Å²) in [6.07, 6.45) is 4.12. The van der Waals surface area contributed by atoms with Gasteiger partial charge < -0.3 is 0 Å². The average molecular weight is 231 g/mol. The molecule has 0 bridgehead atoms. The van der Waals surface area contributed by atoms with E-state index in [4.69, 9.17) is 0 Å².